The summed E-state index contributed by atoms with van der Waals surface area (Å²) >= 11 is 0. The first-order chi connectivity index (χ1) is 10.2. The molecule has 1 aromatic rings. The van der Waals surface area contributed by atoms with Gasteiger partial charge in [0.15, 0.2) is 0 Å². The maximum absolute atomic E-state index is 12.9. The summed E-state index contributed by atoms with van der Waals surface area (Å²) in [5.41, 5.74) is 2.52. The highest BCUT2D eigenvalue weighted by Gasteiger charge is 2.29. The number of anilines is 1. The molecule has 3 rings (SSSR count). The average molecular weight is 289 g/mol. The Morgan fingerprint density at radius 3 is 2.90 bits per heavy atom. The zero-order chi connectivity index (χ0) is 14.8. The zero-order valence-corrected chi connectivity index (χ0v) is 12.5. The van der Waals surface area contributed by atoms with Crippen molar-refractivity contribution in [2.75, 3.05) is 31.2 Å². The molecular formula is C16H23N3O2. The molecule has 0 aromatic heterocycles. The Balaban J connectivity index is 1.87. The summed E-state index contributed by atoms with van der Waals surface area (Å²) in [6, 6.07) is 5.95. The minimum absolute atomic E-state index is 0.108. The summed E-state index contributed by atoms with van der Waals surface area (Å²) in [5, 5.41) is 14.4. The lowest BCUT2D eigenvalue weighted by Crippen LogP contribution is -2.46. The van der Waals surface area contributed by atoms with Crippen LogP contribution in [0.5, 0.6) is 0 Å². The fraction of sp³-hybridized carbons (Fsp3) is 0.562. The lowest BCUT2D eigenvalue weighted by atomic mass is 10.00. The maximum atomic E-state index is 12.9. The number of hydroxylamine groups is 1. The van der Waals surface area contributed by atoms with Crippen molar-refractivity contribution in [3.8, 4) is 0 Å². The van der Waals surface area contributed by atoms with E-state index in [0.717, 1.165) is 55.7 Å². The Morgan fingerprint density at radius 2 is 2.19 bits per heavy atom. The average Bonchev–Trinajstić information content (AvgIpc) is 2.91. The monoisotopic (exact) mass is 289 g/mol. The number of rotatable bonds is 3. The van der Waals surface area contributed by atoms with E-state index < -0.39 is 0 Å². The van der Waals surface area contributed by atoms with Gasteiger partial charge in [0.25, 0.3) is 5.91 Å². The largest absolute Gasteiger partial charge is 0.336 e. The summed E-state index contributed by atoms with van der Waals surface area (Å²) in [4.78, 5) is 14.9. The number of hydrogen-bond acceptors (Lipinski definition) is 4. The minimum atomic E-state index is 0.108. The number of carbonyl (C=O) groups excluding carboxylic acids is 1. The summed E-state index contributed by atoms with van der Waals surface area (Å²) in [6.07, 6.45) is 2.76. The van der Waals surface area contributed by atoms with E-state index in [4.69, 9.17) is 0 Å². The van der Waals surface area contributed by atoms with Gasteiger partial charge in [-0.05, 0) is 57.0 Å². The van der Waals surface area contributed by atoms with Gasteiger partial charge >= 0.3 is 0 Å². The number of fused-ring (bicyclic) bond motifs is 1. The second-order valence-corrected chi connectivity index (χ2v) is 5.75. The topological polar surface area (TPSA) is 55.8 Å². The Morgan fingerprint density at radius 1 is 1.43 bits per heavy atom. The first-order valence-corrected chi connectivity index (χ1v) is 7.82. The summed E-state index contributed by atoms with van der Waals surface area (Å²) in [7, 11) is 0. The van der Waals surface area contributed by atoms with E-state index in [1.165, 1.54) is 5.06 Å². The molecular weight excluding hydrogens is 266 g/mol. The van der Waals surface area contributed by atoms with Crippen LogP contribution in [0.15, 0.2) is 18.2 Å². The van der Waals surface area contributed by atoms with Crippen LogP contribution in [0.2, 0.25) is 0 Å². The van der Waals surface area contributed by atoms with E-state index in [1.807, 2.05) is 30.0 Å². The highest BCUT2D eigenvalue weighted by atomic mass is 16.5. The molecule has 0 bridgehead atoms. The molecule has 2 heterocycles. The first-order valence-electron chi connectivity index (χ1n) is 7.82. The molecule has 1 saturated heterocycles. The van der Waals surface area contributed by atoms with E-state index in [1.54, 1.807) is 0 Å². The van der Waals surface area contributed by atoms with Crippen molar-refractivity contribution < 1.29 is 10.0 Å². The number of carbonyl (C=O) groups is 1. The fourth-order valence-electron chi connectivity index (χ4n) is 3.46. The normalized spacial score (nSPS) is 18.7. The number of piperidine rings is 1. The van der Waals surface area contributed by atoms with Crippen LogP contribution in [0.4, 0.5) is 5.69 Å². The second-order valence-electron chi connectivity index (χ2n) is 5.75. The van der Waals surface area contributed by atoms with Crippen molar-refractivity contribution in [3.63, 3.8) is 0 Å². The van der Waals surface area contributed by atoms with Gasteiger partial charge in [0.1, 0.15) is 0 Å². The molecule has 0 unspecified atom stereocenters. The molecule has 0 aliphatic carbocycles. The van der Waals surface area contributed by atoms with E-state index >= 15 is 0 Å². The number of nitrogens with zero attached hydrogens (tertiary/aromatic N) is 2. The van der Waals surface area contributed by atoms with Crippen molar-refractivity contribution in [2.24, 2.45) is 0 Å². The van der Waals surface area contributed by atoms with Crippen molar-refractivity contribution in [1.82, 2.24) is 10.2 Å². The molecule has 5 nitrogen and oxygen atoms in total. The molecule has 0 saturated carbocycles. The van der Waals surface area contributed by atoms with Crippen LogP contribution in [0.1, 0.15) is 35.7 Å². The molecule has 0 atom stereocenters. The van der Waals surface area contributed by atoms with Gasteiger partial charge in [-0.15, -0.1) is 0 Å². The minimum Gasteiger partial charge on any atom is -0.336 e. The molecule has 0 spiro atoms. The van der Waals surface area contributed by atoms with Crippen molar-refractivity contribution >= 4 is 11.6 Å². The van der Waals surface area contributed by atoms with Crippen molar-refractivity contribution in [2.45, 2.75) is 32.2 Å². The van der Waals surface area contributed by atoms with Gasteiger partial charge in [-0.2, -0.15) is 0 Å². The Kier molecular flexibility index (Phi) is 4.12. The van der Waals surface area contributed by atoms with E-state index in [-0.39, 0.29) is 5.91 Å². The van der Waals surface area contributed by atoms with Gasteiger partial charge < -0.3 is 10.2 Å². The predicted molar refractivity (Wildman–Crippen MR) is 81.9 cm³/mol. The number of benzene rings is 1. The molecule has 1 amide bonds. The smallest absolute Gasteiger partial charge is 0.254 e. The zero-order valence-electron chi connectivity index (χ0n) is 12.5. The van der Waals surface area contributed by atoms with Crippen LogP contribution >= 0.6 is 0 Å². The van der Waals surface area contributed by atoms with E-state index in [9.17, 15) is 10.0 Å². The van der Waals surface area contributed by atoms with Crippen LogP contribution in [0.25, 0.3) is 0 Å². The Labute approximate surface area is 125 Å². The van der Waals surface area contributed by atoms with Gasteiger partial charge in [-0.1, -0.05) is 6.07 Å². The number of amides is 1. The number of nitrogens with one attached hydrogen (secondary N) is 1. The highest BCUT2D eigenvalue weighted by Crippen LogP contribution is 2.30. The van der Waals surface area contributed by atoms with Gasteiger partial charge in [-0.3, -0.25) is 15.1 Å². The SMILES string of the molecule is CCN(C(=O)c1cccc2c1CCN2O)C1CCNCC1. The fourth-order valence-corrected chi connectivity index (χ4v) is 3.46. The maximum Gasteiger partial charge on any atom is 0.254 e. The van der Waals surface area contributed by atoms with Crippen LogP contribution in [-0.2, 0) is 6.42 Å². The first kappa shape index (κ1) is 14.4. The molecule has 5 heteroatoms. The lowest BCUT2D eigenvalue weighted by molar-refractivity contribution is 0.0655. The van der Waals surface area contributed by atoms with Crippen LogP contribution in [0.3, 0.4) is 0 Å². The summed E-state index contributed by atoms with van der Waals surface area (Å²) in [5.74, 6) is 0.108. The number of hydrogen-bond donors (Lipinski definition) is 2. The van der Waals surface area contributed by atoms with Crippen molar-refractivity contribution in [1.29, 1.82) is 0 Å². The highest BCUT2D eigenvalue weighted by molar-refractivity contribution is 5.97. The molecule has 21 heavy (non-hydrogen) atoms. The third-order valence-electron chi connectivity index (χ3n) is 4.58. The molecule has 2 N–H and O–H groups in total. The molecule has 1 aromatic carbocycles. The molecule has 1 fully saturated rings. The summed E-state index contributed by atoms with van der Waals surface area (Å²) in [6.45, 7) is 5.30. The summed E-state index contributed by atoms with van der Waals surface area (Å²) < 4.78 is 0. The van der Waals surface area contributed by atoms with Gasteiger partial charge in [0.05, 0.1) is 5.69 Å². The van der Waals surface area contributed by atoms with E-state index in [0.29, 0.717) is 12.6 Å². The predicted octanol–water partition coefficient (Wildman–Crippen LogP) is 1.65. The molecule has 0 radical (unpaired) electrons. The standard InChI is InChI=1S/C16H23N3O2/c1-2-18(12-6-9-17-10-7-12)16(20)14-4-3-5-15-13(14)8-11-19(15)21/h3-5,12,17,21H,2,6-11H2,1H3. The lowest BCUT2D eigenvalue weighted by Gasteiger charge is -2.34. The third kappa shape index (κ3) is 2.63. The van der Waals surface area contributed by atoms with Crippen molar-refractivity contribution in [3.05, 3.63) is 29.3 Å². The second kappa shape index (κ2) is 6.03. The van der Waals surface area contributed by atoms with Crippen LogP contribution in [-0.4, -0.2) is 48.2 Å². The van der Waals surface area contributed by atoms with Crippen LogP contribution in [0, 0.1) is 0 Å². The third-order valence-corrected chi connectivity index (χ3v) is 4.58. The molecule has 114 valence electrons. The van der Waals surface area contributed by atoms with Gasteiger partial charge in [0, 0.05) is 24.7 Å². The molecule has 2 aliphatic rings. The quantitative estimate of drug-likeness (QED) is 0.888. The van der Waals surface area contributed by atoms with E-state index in [2.05, 4.69) is 5.32 Å². The Hall–Kier alpha value is -1.59. The van der Waals surface area contributed by atoms with Gasteiger partial charge in [-0.25, -0.2) is 0 Å². The molecule has 2 aliphatic heterocycles. The Bertz CT molecular complexity index is 526. The van der Waals surface area contributed by atoms with Crippen LogP contribution < -0.4 is 10.4 Å². The van der Waals surface area contributed by atoms with Gasteiger partial charge in [0.2, 0.25) is 0 Å².